The normalized spacial score (nSPS) is 10.9. The number of pyridine rings is 3. The Bertz CT molecular complexity index is 4690. The van der Waals surface area contributed by atoms with Crippen LogP contribution in [0, 0.1) is 37.9 Å². The Morgan fingerprint density at radius 2 is 0.625 bits per heavy atom. The summed E-state index contributed by atoms with van der Waals surface area (Å²) in [5.41, 5.74) is 22.1. The van der Waals surface area contributed by atoms with Crippen LogP contribution in [0.4, 0.5) is 17.1 Å². The van der Waals surface area contributed by atoms with Gasteiger partial charge in [0.05, 0.1) is 36.5 Å². The minimum Gasteiger partial charge on any atom is -0.501 e. The van der Waals surface area contributed by atoms with E-state index in [2.05, 4.69) is 123 Å². The first kappa shape index (κ1) is 57.4. The molecule has 0 bridgehead atoms. The Morgan fingerprint density at radius 1 is 0.352 bits per heavy atom. The van der Waals surface area contributed by atoms with Crippen LogP contribution in [0.1, 0.15) is 37.5 Å². The number of furan rings is 3. The SMILES string of the molecule is [C-]#[N+]c1ccc(-c2ccnc(-c3[c-]cc(CC)c4c3oc3ccccc34)c2)cc1.[C-]#[N+]c1ccc(-c2ccnc(-c3[c-]cc(CC)c4c3oc3ccccc34)c2)cc1.[C-]#[N+]c1ccc(-c2ccnc(-c3[c-]cc(CC)c4c3oc3ccccc34)c2)cc1.[Ir+3]. The third-order valence-corrected chi connectivity index (χ3v) is 15.8. The van der Waals surface area contributed by atoms with Crippen LogP contribution < -0.4 is 0 Å². The van der Waals surface area contributed by atoms with Crippen LogP contribution in [-0.2, 0) is 39.4 Å². The van der Waals surface area contributed by atoms with Crippen molar-refractivity contribution in [1.82, 2.24) is 15.0 Å². The van der Waals surface area contributed by atoms with E-state index in [4.69, 9.17) is 33.0 Å². The summed E-state index contributed by atoms with van der Waals surface area (Å²) in [7, 11) is 0. The summed E-state index contributed by atoms with van der Waals surface area (Å²) in [5.74, 6) is 0. The van der Waals surface area contributed by atoms with Crippen LogP contribution in [0.5, 0.6) is 0 Å². The van der Waals surface area contributed by atoms with Crippen molar-refractivity contribution in [3.05, 3.63) is 288 Å². The van der Waals surface area contributed by atoms with Crippen LogP contribution in [0.15, 0.2) is 232 Å². The zero-order chi connectivity index (χ0) is 59.4. The van der Waals surface area contributed by atoms with E-state index in [1.165, 1.54) is 16.7 Å². The van der Waals surface area contributed by atoms with E-state index >= 15 is 0 Å². The summed E-state index contributed by atoms with van der Waals surface area (Å²) < 4.78 is 18.8. The predicted octanol–water partition coefficient (Wildman–Crippen LogP) is 21.7. The molecule has 0 aliphatic rings. The minimum atomic E-state index is 0. The number of nitrogens with zero attached hydrogens (tertiary/aromatic N) is 6. The zero-order valence-electron chi connectivity index (χ0n) is 48.1. The van der Waals surface area contributed by atoms with Gasteiger partial charge in [-0.2, -0.15) is 0 Å². The molecule has 6 aromatic heterocycles. The van der Waals surface area contributed by atoms with Gasteiger partial charge in [0.25, 0.3) is 0 Å². The van der Waals surface area contributed by atoms with Gasteiger partial charge in [0.2, 0.25) is 0 Å². The molecule has 0 unspecified atom stereocenters. The molecular formula is C78H51IrN6O3. The largest absolute Gasteiger partial charge is 3.00 e. The van der Waals surface area contributed by atoms with Gasteiger partial charge in [0.1, 0.15) is 16.7 Å². The fourth-order valence-corrected chi connectivity index (χ4v) is 11.3. The molecule has 9 aromatic carbocycles. The molecule has 0 amide bonds. The van der Waals surface area contributed by atoms with E-state index in [0.29, 0.717) is 17.1 Å². The third kappa shape index (κ3) is 11.0. The molecule has 0 spiro atoms. The standard InChI is InChI=1S/3C26H17N2O.Ir/c3*1-3-17-10-13-21(26-25(17)22-6-4-5-7-24(22)29-26)23-16-19(14-15-28-23)18-8-11-20(27-2)12-9-18;/h3*4-12,14-16H,3H2,1H3;/q3*-1;+3. The van der Waals surface area contributed by atoms with E-state index in [1.54, 1.807) is 0 Å². The molecule has 0 saturated carbocycles. The van der Waals surface area contributed by atoms with Gasteiger partial charge < -0.3 is 28.2 Å². The number of fused-ring (bicyclic) bond motifs is 9. The fraction of sp³-hybridized carbons (Fsp3) is 0.0769. The molecule has 0 N–H and O–H groups in total. The molecule has 6 heterocycles. The molecule has 15 rings (SSSR count). The first-order chi connectivity index (χ1) is 42.8. The van der Waals surface area contributed by atoms with Crippen molar-refractivity contribution in [3.63, 3.8) is 0 Å². The van der Waals surface area contributed by atoms with Crippen molar-refractivity contribution in [3.8, 4) is 67.2 Å². The van der Waals surface area contributed by atoms with Gasteiger partial charge in [-0.1, -0.05) is 218 Å². The number of para-hydroxylation sites is 3. The summed E-state index contributed by atoms with van der Waals surface area (Å²) in [5, 5.41) is 6.81. The second-order valence-corrected chi connectivity index (χ2v) is 20.8. The second kappa shape index (κ2) is 25.3. The smallest absolute Gasteiger partial charge is 0.501 e. The molecule has 420 valence electrons. The maximum absolute atomic E-state index is 7.12. The van der Waals surface area contributed by atoms with Crippen molar-refractivity contribution in [1.29, 1.82) is 0 Å². The number of aryl methyl sites for hydroxylation is 3. The maximum Gasteiger partial charge on any atom is 3.00 e. The number of hydrogen-bond donors (Lipinski definition) is 0. The maximum atomic E-state index is 7.12. The molecule has 88 heavy (non-hydrogen) atoms. The minimum absolute atomic E-state index is 0. The van der Waals surface area contributed by atoms with Gasteiger partial charge in [-0.3, -0.25) is 0 Å². The summed E-state index contributed by atoms with van der Waals surface area (Å²) in [6.07, 6.45) is 8.17. The number of hydrogen-bond acceptors (Lipinski definition) is 6. The van der Waals surface area contributed by atoms with E-state index in [9.17, 15) is 0 Å². The molecule has 0 atom stereocenters. The Balaban J connectivity index is 0.000000128. The van der Waals surface area contributed by atoms with Crippen molar-refractivity contribution in [2.45, 2.75) is 40.0 Å². The Hall–Kier alpha value is -11.1. The number of rotatable bonds is 9. The molecule has 0 aliphatic carbocycles. The van der Waals surface area contributed by atoms with Gasteiger partial charge in [-0.25, -0.2) is 14.5 Å². The molecular weight excluding hydrogens is 1260 g/mol. The quantitative estimate of drug-likeness (QED) is 0.134. The summed E-state index contributed by atoms with van der Waals surface area (Å²) in [6, 6.07) is 75.7. The van der Waals surface area contributed by atoms with Gasteiger partial charge in [-0.05, 0) is 86.9 Å². The molecule has 10 heteroatoms. The first-order valence-electron chi connectivity index (χ1n) is 28.7. The monoisotopic (exact) mass is 1310 g/mol. The Labute approximate surface area is 523 Å². The van der Waals surface area contributed by atoms with Crippen molar-refractivity contribution >= 4 is 82.9 Å². The average Bonchev–Trinajstić information content (AvgIpc) is 1.88. The molecule has 15 aromatic rings. The van der Waals surface area contributed by atoms with E-state index in [1.807, 2.05) is 164 Å². The third-order valence-electron chi connectivity index (χ3n) is 15.8. The van der Waals surface area contributed by atoms with Crippen LogP contribution in [0.25, 0.3) is 148 Å². The van der Waals surface area contributed by atoms with Crippen molar-refractivity contribution < 1.29 is 33.4 Å². The summed E-state index contributed by atoms with van der Waals surface area (Å²) in [6.45, 7) is 27.8. The van der Waals surface area contributed by atoms with Crippen LogP contribution >= 0.6 is 0 Å². The van der Waals surface area contributed by atoms with E-state index in [-0.39, 0.29) is 20.1 Å². The number of benzene rings is 9. The zero-order valence-corrected chi connectivity index (χ0v) is 50.5. The van der Waals surface area contributed by atoms with Crippen LogP contribution in [-0.4, -0.2) is 15.0 Å². The topological polar surface area (TPSA) is 91.2 Å². The van der Waals surface area contributed by atoms with Crippen LogP contribution in [0.2, 0.25) is 0 Å². The number of aromatic nitrogens is 3. The van der Waals surface area contributed by atoms with Crippen molar-refractivity contribution in [2.24, 2.45) is 0 Å². The van der Waals surface area contributed by atoms with Crippen LogP contribution in [0.3, 0.4) is 0 Å². The van der Waals surface area contributed by atoms with Gasteiger partial charge in [0, 0.05) is 34.7 Å². The predicted molar refractivity (Wildman–Crippen MR) is 351 cm³/mol. The molecule has 0 radical (unpaired) electrons. The van der Waals surface area contributed by atoms with Gasteiger partial charge in [0.15, 0.2) is 17.1 Å². The first-order valence-corrected chi connectivity index (χ1v) is 28.7. The molecule has 9 nitrogen and oxygen atoms in total. The molecule has 0 saturated heterocycles. The van der Waals surface area contributed by atoms with E-state index in [0.717, 1.165) is 152 Å². The van der Waals surface area contributed by atoms with Gasteiger partial charge >= 0.3 is 20.1 Å². The van der Waals surface area contributed by atoms with Crippen molar-refractivity contribution in [2.75, 3.05) is 0 Å². The Kier molecular flexibility index (Phi) is 16.5. The molecule has 0 aliphatic heterocycles. The van der Waals surface area contributed by atoms with E-state index < -0.39 is 0 Å². The van der Waals surface area contributed by atoms with Gasteiger partial charge in [-0.15, -0.1) is 53.1 Å². The summed E-state index contributed by atoms with van der Waals surface area (Å²) >= 11 is 0. The molecule has 0 fully saturated rings. The fourth-order valence-electron chi connectivity index (χ4n) is 11.3. The second-order valence-electron chi connectivity index (χ2n) is 20.8. The summed E-state index contributed by atoms with van der Waals surface area (Å²) in [4.78, 5) is 24.2. The Morgan fingerprint density at radius 3 is 0.886 bits per heavy atom. The average molecular weight is 1310 g/mol.